The zero-order valence-electron chi connectivity index (χ0n) is 15.2. The predicted molar refractivity (Wildman–Crippen MR) is 106 cm³/mol. The molecule has 28 heavy (non-hydrogen) atoms. The van der Waals surface area contributed by atoms with Crippen LogP contribution in [0.5, 0.6) is 5.75 Å². The minimum absolute atomic E-state index is 0.0415. The first kappa shape index (κ1) is 19.4. The smallest absolute Gasteiger partial charge is 0.339 e. The van der Waals surface area contributed by atoms with Crippen molar-refractivity contribution in [1.29, 1.82) is 0 Å². The van der Waals surface area contributed by atoms with Crippen LogP contribution >= 0.6 is 0 Å². The van der Waals surface area contributed by atoms with Crippen molar-refractivity contribution < 1.29 is 22.7 Å². The monoisotopic (exact) mass is 397 g/mol. The summed E-state index contributed by atoms with van der Waals surface area (Å²) in [7, 11) is -2.84. The third-order valence-electron chi connectivity index (χ3n) is 3.95. The Labute approximate surface area is 163 Å². The standard InChI is InChI=1S/C21H19NO5S/c1-26-21(23)17-11-5-8-14-20(17)28(24,25)22-18-12-6-7-13-19(18)27-15-16-9-3-2-4-10-16/h2-14,22H,15H2,1H3. The van der Waals surface area contributed by atoms with Gasteiger partial charge in [0.15, 0.2) is 0 Å². The summed E-state index contributed by atoms with van der Waals surface area (Å²) in [6.07, 6.45) is 0. The number of hydrogen-bond donors (Lipinski definition) is 1. The molecule has 0 spiro atoms. The number of hydrogen-bond acceptors (Lipinski definition) is 5. The number of ether oxygens (including phenoxy) is 2. The Morgan fingerprint density at radius 2 is 1.54 bits per heavy atom. The molecule has 0 radical (unpaired) electrons. The van der Waals surface area contributed by atoms with E-state index in [-0.39, 0.29) is 16.1 Å². The number of nitrogens with one attached hydrogen (secondary N) is 1. The molecule has 7 heteroatoms. The molecule has 0 heterocycles. The van der Waals surface area contributed by atoms with Crippen LogP contribution in [0.4, 0.5) is 5.69 Å². The van der Waals surface area contributed by atoms with E-state index in [0.717, 1.165) is 5.56 Å². The lowest BCUT2D eigenvalue weighted by molar-refractivity contribution is 0.0596. The van der Waals surface area contributed by atoms with Crippen LogP contribution in [0.1, 0.15) is 15.9 Å². The third kappa shape index (κ3) is 4.50. The maximum absolute atomic E-state index is 12.9. The molecule has 1 N–H and O–H groups in total. The van der Waals surface area contributed by atoms with Crippen molar-refractivity contribution in [1.82, 2.24) is 0 Å². The summed E-state index contributed by atoms with van der Waals surface area (Å²) < 4.78 is 38.8. The molecule has 0 bridgehead atoms. The zero-order valence-corrected chi connectivity index (χ0v) is 16.0. The van der Waals surface area contributed by atoms with Gasteiger partial charge in [-0.3, -0.25) is 4.72 Å². The van der Waals surface area contributed by atoms with Gasteiger partial charge >= 0.3 is 5.97 Å². The molecule has 6 nitrogen and oxygen atoms in total. The third-order valence-corrected chi connectivity index (χ3v) is 5.37. The second-order valence-corrected chi connectivity index (χ2v) is 7.51. The Balaban J connectivity index is 1.87. The summed E-state index contributed by atoms with van der Waals surface area (Å²) in [5, 5.41) is 0. The molecule has 3 rings (SSSR count). The van der Waals surface area contributed by atoms with Crippen molar-refractivity contribution in [2.45, 2.75) is 11.5 Å². The Kier molecular flexibility index (Phi) is 5.96. The van der Waals surface area contributed by atoms with Crippen LogP contribution < -0.4 is 9.46 Å². The number of rotatable bonds is 7. The highest BCUT2D eigenvalue weighted by Crippen LogP contribution is 2.28. The van der Waals surface area contributed by atoms with Crippen molar-refractivity contribution in [2.75, 3.05) is 11.8 Å². The maximum atomic E-state index is 12.9. The molecule has 0 aliphatic carbocycles. The Morgan fingerprint density at radius 3 is 2.29 bits per heavy atom. The molecule has 0 fully saturated rings. The van der Waals surface area contributed by atoms with Crippen LogP contribution in [0.15, 0.2) is 83.8 Å². The van der Waals surface area contributed by atoms with E-state index in [4.69, 9.17) is 4.74 Å². The van der Waals surface area contributed by atoms with Crippen LogP contribution in [-0.2, 0) is 21.4 Å². The summed E-state index contributed by atoms with van der Waals surface area (Å²) >= 11 is 0. The summed E-state index contributed by atoms with van der Waals surface area (Å²) in [5.41, 5.74) is 1.19. The fourth-order valence-corrected chi connectivity index (χ4v) is 3.86. The van der Waals surface area contributed by atoms with Gasteiger partial charge in [-0.2, -0.15) is 0 Å². The Bertz CT molecular complexity index is 1060. The Hall–Kier alpha value is -3.32. The summed E-state index contributed by atoms with van der Waals surface area (Å²) in [6.45, 7) is 0.290. The molecule has 3 aromatic carbocycles. The summed E-state index contributed by atoms with van der Waals surface area (Å²) in [6, 6.07) is 22.1. The first-order chi connectivity index (χ1) is 13.5. The van der Waals surface area contributed by atoms with Crippen molar-refractivity contribution in [3.63, 3.8) is 0 Å². The van der Waals surface area contributed by atoms with Crippen molar-refractivity contribution in [3.8, 4) is 5.75 Å². The lowest BCUT2D eigenvalue weighted by Gasteiger charge is -2.15. The molecule has 0 aromatic heterocycles. The second-order valence-electron chi connectivity index (χ2n) is 5.86. The zero-order chi connectivity index (χ0) is 20.0. The van der Waals surface area contributed by atoms with Gasteiger partial charge in [0.1, 0.15) is 17.3 Å². The number of esters is 1. The van der Waals surface area contributed by atoms with E-state index in [1.807, 2.05) is 30.3 Å². The number of carbonyl (C=O) groups is 1. The SMILES string of the molecule is COC(=O)c1ccccc1S(=O)(=O)Nc1ccccc1OCc1ccccc1. The fourth-order valence-electron chi connectivity index (χ4n) is 2.59. The molecular formula is C21H19NO5S. The first-order valence-corrected chi connectivity index (χ1v) is 9.95. The lowest BCUT2D eigenvalue weighted by atomic mass is 10.2. The van der Waals surface area contributed by atoms with Gasteiger partial charge in [0, 0.05) is 0 Å². The topological polar surface area (TPSA) is 81.7 Å². The Morgan fingerprint density at radius 1 is 0.893 bits per heavy atom. The highest BCUT2D eigenvalue weighted by atomic mass is 32.2. The molecule has 0 atom stereocenters. The molecule has 0 saturated heterocycles. The largest absolute Gasteiger partial charge is 0.487 e. The van der Waals surface area contributed by atoms with E-state index in [0.29, 0.717) is 12.4 Å². The van der Waals surface area contributed by atoms with Gasteiger partial charge in [-0.15, -0.1) is 0 Å². The lowest BCUT2D eigenvalue weighted by Crippen LogP contribution is -2.18. The number of methoxy groups -OCH3 is 1. The number of benzene rings is 3. The quantitative estimate of drug-likeness (QED) is 0.613. The molecule has 0 saturated carbocycles. The van der Waals surface area contributed by atoms with Gasteiger partial charge in [0.2, 0.25) is 0 Å². The van der Waals surface area contributed by atoms with Gasteiger partial charge < -0.3 is 9.47 Å². The minimum atomic E-state index is -4.04. The van der Waals surface area contributed by atoms with Gasteiger partial charge in [-0.05, 0) is 29.8 Å². The van der Waals surface area contributed by atoms with E-state index in [9.17, 15) is 13.2 Å². The van der Waals surface area contributed by atoms with E-state index in [1.165, 1.54) is 19.2 Å². The second kappa shape index (κ2) is 8.58. The average molecular weight is 397 g/mol. The van der Waals surface area contributed by atoms with Crippen LogP contribution in [0.3, 0.4) is 0 Å². The fraction of sp³-hybridized carbons (Fsp3) is 0.0952. The van der Waals surface area contributed by atoms with E-state index >= 15 is 0 Å². The molecule has 0 aliphatic heterocycles. The van der Waals surface area contributed by atoms with Gasteiger partial charge in [0.05, 0.1) is 18.4 Å². The van der Waals surface area contributed by atoms with Crippen LogP contribution in [0.25, 0.3) is 0 Å². The molecule has 0 aliphatic rings. The summed E-state index contributed by atoms with van der Waals surface area (Å²) in [5.74, 6) is -0.347. The molecule has 0 amide bonds. The van der Waals surface area contributed by atoms with Gasteiger partial charge in [0.25, 0.3) is 10.0 Å². The van der Waals surface area contributed by atoms with Crippen molar-refractivity contribution in [3.05, 3.63) is 90.0 Å². The van der Waals surface area contributed by atoms with E-state index in [1.54, 1.807) is 36.4 Å². The highest BCUT2D eigenvalue weighted by molar-refractivity contribution is 7.92. The first-order valence-electron chi connectivity index (χ1n) is 8.47. The van der Waals surface area contributed by atoms with Crippen LogP contribution in [0, 0.1) is 0 Å². The van der Waals surface area contributed by atoms with E-state index in [2.05, 4.69) is 9.46 Å². The van der Waals surface area contributed by atoms with Gasteiger partial charge in [-0.1, -0.05) is 54.6 Å². The van der Waals surface area contributed by atoms with Gasteiger partial charge in [-0.25, -0.2) is 13.2 Å². The summed E-state index contributed by atoms with van der Waals surface area (Å²) in [4.78, 5) is 11.8. The van der Waals surface area contributed by atoms with Crippen LogP contribution in [0.2, 0.25) is 0 Å². The maximum Gasteiger partial charge on any atom is 0.339 e. The average Bonchev–Trinajstić information content (AvgIpc) is 2.73. The van der Waals surface area contributed by atoms with E-state index < -0.39 is 16.0 Å². The molecular weight excluding hydrogens is 378 g/mol. The van der Waals surface area contributed by atoms with Crippen molar-refractivity contribution >= 4 is 21.7 Å². The number of sulfonamides is 1. The highest BCUT2D eigenvalue weighted by Gasteiger charge is 2.23. The predicted octanol–water partition coefficient (Wildman–Crippen LogP) is 3.85. The molecule has 144 valence electrons. The van der Waals surface area contributed by atoms with Crippen molar-refractivity contribution in [2.24, 2.45) is 0 Å². The van der Waals surface area contributed by atoms with Crippen LogP contribution in [-0.4, -0.2) is 21.5 Å². The molecule has 3 aromatic rings. The minimum Gasteiger partial charge on any atom is -0.487 e. The molecule has 0 unspecified atom stereocenters. The number of carbonyl (C=O) groups excluding carboxylic acids is 1. The number of para-hydroxylation sites is 2. The number of anilines is 1. The normalized spacial score (nSPS) is 10.9.